The molecule has 0 spiro atoms. The molecule has 3 heteroatoms. The standard InChI is InChI=1S/C17H27ClN2/c1-13(2)4-7-17(20-10-8-19-9-11-20)15-6-5-14(3)16(18)12-15/h5-6,12-13,17,19H,4,7-11H2,1-3H3/t17-/m0/s1. The van der Waals surface area contributed by atoms with Crippen LogP contribution in [0.3, 0.4) is 0 Å². The van der Waals surface area contributed by atoms with Crippen LogP contribution in [-0.4, -0.2) is 31.1 Å². The van der Waals surface area contributed by atoms with Gasteiger partial charge in [0.25, 0.3) is 0 Å². The van der Waals surface area contributed by atoms with Crippen LogP contribution in [0.15, 0.2) is 18.2 Å². The second-order valence-electron chi connectivity index (χ2n) is 6.28. The first-order valence-electron chi connectivity index (χ1n) is 7.78. The number of nitrogens with one attached hydrogen (secondary N) is 1. The molecule has 0 saturated carbocycles. The van der Waals surface area contributed by atoms with E-state index in [1.807, 2.05) is 0 Å². The number of benzene rings is 1. The van der Waals surface area contributed by atoms with Gasteiger partial charge >= 0.3 is 0 Å². The van der Waals surface area contributed by atoms with Crippen LogP contribution in [0.4, 0.5) is 0 Å². The van der Waals surface area contributed by atoms with E-state index in [-0.39, 0.29) is 0 Å². The second kappa shape index (κ2) is 7.44. The van der Waals surface area contributed by atoms with Gasteiger partial charge in [0.1, 0.15) is 0 Å². The normalized spacial score (nSPS) is 18.4. The van der Waals surface area contributed by atoms with Crippen molar-refractivity contribution >= 4 is 11.6 Å². The molecule has 1 aliphatic rings. The maximum atomic E-state index is 6.33. The Morgan fingerprint density at radius 3 is 2.50 bits per heavy atom. The number of hydrogen-bond donors (Lipinski definition) is 1. The van der Waals surface area contributed by atoms with Gasteiger partial charge in [0.05, 0.1) is 0 Å². The summed E-state index contributed by atoms with van der Waals surface area (Å²) in [5.74, 6) is 0.751. The Labute approximate surface area is 128 Å². The lowest BCUT2D eigenvalue weighted by Crippen LogP contribution is -2.45. The van der Waals surface area contributed by atoms with Gasteiger partial charge in [-0.05, 0) is 42.9 Å². The molecule has 2 nitrogen and oxygen atoms in total. The van der Waals surface area contributed by atoms with Crippen molar-refractivity contribution < 1.29 is 0 Å². The van der Waals surface area contributed by atoms with Crippen LogP contribution in [0.25, 0.3) is 0 Å². The zero-order valence-corrected chi connectivity index (χ0v) is 13.7. The molecule has 20 heavy (non-hydrogen) atoms. The first kappa shape index (κ1) is 15.8. The molecule has 0 unspecified atom stereocenters. The number of rotatable bonds is 5. The van der Waals surface area contributed by atoms with Crippen LogP contribution in [0.5, 0.6) is 0 Å². The largest absolute Gasteiger partial charge is 0.314 e. The average Bonchev–Trinajstić information content (AvgIpc) is 2.44. The van der Waals surface area contributed by atoms with Crippen molar-refractivity contribution in [3.8, 4) is 0 Å². The lowest BCUT2D eigenvalue weighted by molar-refractivity contribution is 0.160. The van der Waals surface area contributed by atoms with Gasteiger partial charge < -0.3 is 5.32 Å². The maximum Gasteiger partial charge on any atom is 0.0438 e. The SMILES string of the molecule is Cc1ccc([C@H](CCC(C)C)N2CCNCC2)cc1Cl. The minimum absolute atomic E-state index is 0.512. The summed E-state index contributed by atoms with van der Waals surface area (Å²) in [4.78, 5) is 2.61. The second-order valence-corrected chi connectivity index (χ2v) is 6.69. The summed E-state index contributed by atoms with van der Waals surface area (Å²) in [5, 5.41) is 4.33. The Hall–Kier alpha value is -0.570. The molecule has 2 rings (SSSR count). The third-order valence-corrected chi connectivity index (χ3v) is 4.60. The van der Waals surface area contributed by atoms with Crippen molar-refractivity contribution in [2.75, 3.05) is 26.2 Å². The predicted molar refractivity (Wildman–Crippen MR) is 87.4 cm³/mol. The zero-order valence-electron chi connectivity index (χ0n) is 13.0. The summed E-state index contributed by atoms with van der Waals surface area (Å²) >= 11 is 6.33. The van der Waals surface area contributed by atoms with E-state index in [0.717, 1.165) is 37.1 Å². The van der Waals surface area contributed by atoms with Crippen molar-refractivity contribution in [1.29, 1.82) is 0 Å². The number of piperazine rings is 1. The predicted octanol–water partition coefficient (Wildman–Crippen LogP) is 4.03. The van der Waals surface area contributed by atoms with E-state index in [0.29, 0.717) is 6.04 Å². The van der Waals surface area contributed by atoms with Gasteiger partial charge in [0.15, 0.2) is 0 Å². The van der Waals surface area contributed by atoms with Gasteiger partial charge in [-0.15, -0.1) is 0 Å². The Morgan fingerprint density at radius 2 is 1.90 bits per heavy atom. The molecule has 0 bridgehead atoms. The Bertz CT molecular complexity index is 425. The van der Waals surface area contributed by atoms with Crippen molar-refractivity contribution in [3.05, 3.63) is 34.3 Å². The highest BCUT2D eigenvalue weighted by atomic mass is 35.5. The van der Waals surface area contributed by atoms with E-state index in [4.69, 9.17) is 11.6 Å². The molecule has 1 atom stereocenters. The number of nitrogens with zero attached hydrogens (tertiary/aromatic N) is 1. The first-order chi connectivity index (χ1) is 9.58. The van der Waals surface area contributed by atoms with Gasteiger partial charge in [-0.25, -0.2) is 0 Å². The third-order valence-electron chi connectivity index (χ3n) is 4.19. The minimum Gasteiger partial charge on any atom is -0.314 e. The maximum absolute atomic E-state index is 6.33. The molecule has 1 aromatic rings. The Morgan fingerprint density at radius 1 is 1.20 bits per heavy atom. The Kier molecular flexibility index (Phi) is 5.88. The van der Waals surface area contributed by atoms with Gasteiger partial charge in [0.2, 0.25) is 0 Å². The smallest absolute Gasteiger partial charge is 0.0438 e. The summed E-state index contributed by atoms with van der Waals surface area (Å²) in [6.45, 7) is 11.1. The van der Waals surface area contributed by atoms with Crippen LogP contribution in [0, 0.1) is 12.8 Å². The van der Waals surface area contributed by atoms with Crippen LogP contribution >= 0.6 is 11.6 Å². The number of hydrogen-bond acceptors (Lipinski definition) is 2. The van der Waals surface area contributed by atoms with Gasteiger partial charge in [-0.3, -0.25) is 4.90 Å². The molecule has 0 aromatic heterocycles. The van der Waals surface area contributed by atoms with E-state index >= 15 is 0 Å². The molecule has 1 aliphatic heterocycles. The number of halogens is 1. The fraction of sp³-hybridized carbons (Fsp3) is 0.647. The third kappa shape index (κ3) is 4.21. The van der Waals surface area contributed by atoms with E-state index in [1.54, 1.807) is 0 Å². The van der Waals surface area contributed by atoms with E-state index in [2.05, 4.69) is 49.2 Å². The molecule has 1 heterocycles. The summed E-state index contributed by atoms with van der Waals surface area (Å²) in [6, 6.07) is 7.10. The fourth-order valence-electron chi connectivity index (χ4n) is 2.86. The van der Waals surface area contributed by atoms with E-state index < -0.39 is 0 Å². The molecule has 1 aromatic carbocycles. The fourth-order valence-corrected chi connectivity index (χ4v) is 3.05. The van der Waals surface area contributed by atoms with Crippen molar-refractivity contribution in [2.24, 2.45) is 5.92 Å². The van der Waals surface area contributed by atoms with Crippen molar-refractivity contribution in [3.63, 3.8) is 0 Å². The topological polar surface area (TPSA) is 15.3 Å². The van der Waals surface area contributed by atoms with Crippen LogP contribution in [0.2, 0.25) is 5.02 Å². The quantitative estimate of drug-likeness (QED) is 0.882. The molecule has 1 N–H and O–H groups in total. The highest BCUT2D eigenvalue weighted by Crippen LogP contribution is 2.30. The zero-order chi connectivity index (χ0) is 14.5. The molecule has 1 saturated heterocycles. The summed E-state index contributed by atoms with van der Waals surface area (Å²) in [7, 11) is 0. The molecular formula is C17H27ClN2. The summed E-state index contributed by atoms with van der Waals surface area (Å²) in [5.41, 5.74) is 2.54. The highest BCUT2D eigenvalue weighted by Gasteiger charge is 2.22. The monoisotopic (exact) mass is 294 g/mol. The van der Waals surface area contributed by atoms with Crippen LogP contribution < -0.4 is 5.32 Å². The average molecular weight is 295 g/mol. The van der Waals surface area contributed by atoms with Gasteiger partial charge in [-0.2, -0.15) is 0 Å². The lowest BCUT2D eigenvalue weighted by atomic mass is 9.95. The van der Waals surface area contributed by atoms with E-state index in [1.165, 1.54) is 24.0 Å². The summed E-state index contributed by atoms with van der Waals surface area (Å²) in [6.07, 6.45) is 2.48. The highest BCUT2D eigenvalue weighted by molar-refractivity contribution is 6.31. The molecular weight excluding hydrogens is 268 g/mol. The van der Waals surface area contributed by atoms with Crippen LogP contribution in [-0.2, 0) is 0 Å². The summed E-state index contributed by atoms with van der Waals surface area (Å²) < 4.78 is 0. The van der Waals surface area contributed by atoms with E-state index in [9.17, 15) is 0 Å². The van der Waals surface area contributed by atoms with Crippen LogP contribution in [0.1, 0.15) is 43.9 Å². The minimum atomic E-state index is 0.512. The molecule has 0 amide bonds. The molecule has 0 radical (unpaired) electrons. The molecule has 112 valence electrons. The van der Waals surface area contributed by atoms with Gasteiger partial charge in [0, 0.05) is 37.2 Å². The Balaban J connectivity index is 2.17. The first-order valence-corrected chi connectivity index (χ1v) is 8.16. The lowest BCUT2D eigenvalue weighted by Gasteiger charge is -2.36. The number of aryl methyl sites for hydroxylation is 1. The van der Waals surface area contributed by atoms with Gasteiger partial charge in [-0.1, -0.05) is 37.6 Å². The molecule has 1 fully saturated rings. The van der Waals surface area contributed by atoms with Crippen molar-refractivity contribution in [2.45, 2.75) is 39.7 Å². The molecule has 0 aliphatic carbocycles. The van der Waals surface area contributed by atoms with Crippen molar-refractivity contribution in [1.82, 2.24) is 10.2 Å².